The van der Waals surface area contributed by atoms with Crippen molar-refractivity contribution in [1.29, 1.82) is 0 Å². The summed E-state index contributed by atoms with van der Waals surface area (Å²) in [7, 11) is 1.95. The first-order chi connectivity index (χ1) is 7.37. The summed E-state index contributed by atoms with van der Waals surface area (Å²) in [6.45, 7) is 8.61. The Balaban J connectivity index is 2.72. The fraction of sp³-hybridized carbons (Fsp3) is 0.750. The lowest BCUT2D eigenvalue weighted by molar-refractivity contribution is 0.221. The zero-order valence-corrected chi connectivity index (χ0v) is 10.9. The zero-order chi connectivity index (χ0) is 12.3. The van der Waals surface area contributed by atoms with Crippen molar-refractivity contribution in [3.8, 4) is 0 Å². The van der Waals surface area contributed by atoms with Gasteiger partial charge >= 0.3 is 0 Å². The van der Waals surface area contributed by atoms with Crippen LogP contribution in [0.4, 0.5) is 0 Å². The maximum Gasteiger partial charge on any atom is 0.0540 e. The van der Waals surface area contributed by atoms with Gasteiger partial charge in [0, 0.05) is 36.5 Å². The molecule has 92 valence electrons. The number of aliphatic hydroxyl groups excluding tert-OH is 1. The predicted octanol–water partition coefficient (Wildman–Crippen LogP) is 1.54. The minimum atomic E-state index is -0.0591. The summed E-state index contributed by atoms with van der Waals surface area (Å²) in [6.07, 6.45) is 2.65. The van der Waals surface area contributed by atoms with Crippen LogP contribution in [0.3, 0.4) is 0 Å². The Hall–Kier alpha value is -0.870. The summed E-state index contributed by atoms with van der Waals surface area (Å²) in [5.74, 6) is 0. The fourth-order valence-corrected chi connectivity index (χ4v) is 1.96. The third-order valence-corrected chi connectivity index (χ3v) is 3.08. The van der Waals surface area contributed by atoms with Crippen molar-refractivity contribution in [2.75, 3.05) is 6.61 Å². The zero-order valence-electron chi connectivity index (χ0n) is 10.9. The molecule has 1 atom stereocenters. The topological polar surface area (TPSA) is 50.1 Å². The van der Waals surface area contributed by atoms with Crippen molar-refractivity contribution in [2.24, 2.45) is 7.05 Å². The molecule has 0 radical (unpaired) electrons. The van der Waals surface area contributed by atoms with Gasteiger partial charge in [-0.25, -0.2) is 0 Å². The van der Waals surface area contributed by atoms with Crippen LogP contribution in [0.1, 0.15) is 44.5 Å². The molecule has 0 amide bonds. The maximum absolute atomic E-state index is 8.99. The van der Waals surface area contributed by atoms with E-state index in [2.05, 4.69) is 38.1 Å². The number of nitrogens with one attached hydrogen (secondary N) is 1. The van der Waals surface area contributed by atoms with Gasteiger partial charge in [0.1, 0.15) is 0 Å². The summed E-state index contributed by atoms with van der Waals surface area (Å²) in [5.41, 5.74) is 2.34. The summed E-state index contributed by atoms with van der Waals surface area (Å²) < 4.78 is 1.88. The van der Waals surface area contributed by atoms with Crippen LogP contribution in [-0.4, -0.2) is 27.0 Å². The van der Waals surface area contributed by atoms with E-state index in [0.717, 1.165) is 6.42 Å². The molecule has 0 aliphatic heterocycles. The lowest BCUT2D eigenvalue weighted by Crippen LogP contribution is -2.41. The number of aryl methyl sites for hydroxylation is 1. The molecule has 1 rings (SSSR count). The second-order valence-corrected chi connectivity index (χ2v) is 5.03. The second-order valence-electron chi connectivity index (χ2n) is 5.03. The second kappa shape index (κ2) is 4.97. The highest BCUT2D eigenvalue weighted by molar-refractivity contribution is 5.20. The normalized spacial score (nSPS) is 14.1. The minimum absolute atomic E-state index is 0.0591. The Morgan fingerprint density at radius 2 is 2.19 bits per heavy atom. The van der Waals surface area contributed by atoms with Gasteiger partial charge in [0.15, 0.2) is 0 Å². The van der Waals surface area contributed by atoms with Gasteiger partial charge in [-0.15, -0.1) is 0 Å². The average molecular weight is 225 g/mol. The van der Waals surface area contributed by atoms with Crippen LogP contribution >= 0.6 is 0 Å². The van der Waals surface area contributed by atoms with E-state index in [4.69, 9.17) is 5.11 Å². The van der Waals surface area contributed by atoms with E-state index >= 15 is 0 Å². The van der Waals surface area contributed by atoms with Crippen molar-refractivity contribution in [1.82, 2.24) is 15.1 Å². The van der Waals surface area contributed by atoms with E-state index in [0.29, 0.717) is 0 Å². The molecule has 0 aliphatic rings. The van der Waals surface area contributed by atoms with Gasteiger partial charge < -0.3 is 10.4 Å². The summed E-state index contributed by atoms with van der Waals surface area (Å²) in [6, 6.07) is 0.246. The van der Waals surface area contributed by atoms with E-state index in [9.17, 15) is 0 Å². The molecule has 2 N–H and O–H groups in total. The molecular weight excluding hydrogens is 202 g/mol. The van der Waals surface area contributed by atoms with Gasteiger partial charge in [0.25, 0.3) is 0 Å². The molecule has 0 spiro atoms. The van der Waals surface area contributed by atoms with E-state index in [1.165, 1.54) is 11.3 Å². The highest BCUT2D eigenvalue weighted by atomic mass is 16.3. The van der Waals surface area contributed by atoms with Crippen molar-refractivity contribution >= 4 is 0 Å². The van der Waals surface area contributed by atoms with Crippen molar-refractivity contribution in [2.45, 2.75) is 45.7 Å². The predicted molar refractivity (Wildman–Crippen MR) is 65.3 cm³/mol. The van der Waals surface area contributed by atoms with E-state index < -0.39 is 0 Å². The Morgan fingerprint density at radius 3 is 2.62 bits per heavy atom. The monoisotopic (exact) mass is 225 g/mol. The van der Waals surface area contributed by atoms with E-state index in [1.54, 1.807) is 0 Å². The smallest absolute Gasteiger partial charge is 0.0540 e. The standard InChI is InChI=1S/C12H23N3O/c1-9(14-12(3,4)6-7-16)11-8-13-15(5)10(11)2/h8-9,14,16H,6-7H2,1-5H3. The molecule has 0 bridgehead atoms. The largest absolute Gasteiger partial charge is 0.396 e. The Morgan fingerprint density at radius 1 is 1.56 bits per heavy atom. The van der Waals surface area contributed by atoms with Gasteiger partial charge in [0.2, 0.25) is 0 Å². The molecule has 1 aromatic rings. The molecule has 1 aromatic heterocycles. The third kappa shape index (κ3) is 3.06. The van der Waals surface area contributed by atoms with Crippen molar-refractivity contribution in [3.05, 3.63) is 17.5 Å². The number of rotatable bonds is 5. The number of hydrogen-bond acceptors (Lipinski definition) is 3. The lowest BCUT2D eigenvalue weighted by Gasteiger charge is -2.29. The van der Waals surface area contributed by atoms with Crippen molar-refractivity contribution < 1.29 is 5.11 Å². The van der Waals surface area contributed by atoms with Gasteiger partial charge in [-0.05, 0) is 34.1 Å². The molecule has 0 fully saturated rings. The average Bonchev–Trinajstić information content (AvgIpc) is 2.46. The molecule has 1 heterocycles. The molecule has 0 saturated carbocycles. The first-order valence-corrected chi connectivity index (χ1v) is 5.74. The first-order valence-electron chi connectivity index (χ1n) is 5.74. The van der Waals surface area contributed by atoms with Crippen LogP contribution in [0.5, 0.6) is 0 Å². The number of nitrogens with zero attached hydrogens (tertiary/aromatic N) is 2. The van der Waals surface area contributed by atoms with Crippen LogP contribution in [-0.2, 0) is 7.05 Å². The Kier molecular flexibility index (Phi) is 4.10. The van der Waals surface area contributed by atoms with Crippen LogP contribution in [0.2, 0.25) is 0 Å². The first kappa shape index (κ1) is 13.2. The van der Waals surface area contributed by atoms with E-state index in [-0.39, 0.29) is 18.2 Å². The quantitative estimate of drug-likeness (QED) is 0.799. The van der Waals surface area contributed by atoms with Crippen LogP contribution < -0.4 is 5.32 Å². The molecule has 4 heteroatoms. The van der Waals surface area contributed by atoms with Crippen LogP contribution in [0.25, 0.3) is 0 Å². The minimum Gasteiger partial charge on any atom is -0.396 e. The molecule has 1 unspecified atom stereocenters. The summed E-state index contributed by atoms with van der Waals surface area (Å²) >= 11 is 0. The van der Waals surface area contributed by atoms with E-state index in [1.807, 2.05) is 17.9 Å². The molecule has 0 aromatic carbocycles. The Labute approximate surface area is 97.7 Å². The van der Waals surface area contributed by atoms with Gasteiger partial charge in [-0.1, -0.05) is 0 Å². The Bertz CT molecular complexity index is 344. The van der Waals surface area contributed by atoms with Gasteiger partial charge in [0.05, 0.1) is 6.20 Å². The molecular formula is C12H23N3O. The van der Waals surface area contributed by atoms with Crippen LogP contribution in [0.15, 0.2) is 6.20 Å². The summed E-state index contributed by atoms with van der Waals surface area (Å²) in [4.78, 5) is 0. The molecule has 0 aliphatic carbocycles. The molecule has 4 nitrogen and oxygen atoms in total. The maximum atomic E-state index is 8.99. The molecule has 0 saturated heterocycles. The van der Waals surface area contributed by atoms with Gasteiger partial charge in [-0.3, -0.25) is 4.68 Å². The number of aliphatic hydroxyl groups is 1. The number of hydrogen-bond donors (Lipinski definition) is 2. The number of aromatic nitrogens is 2. The fourth-order valence-electron chi connectivity index (χ4n) is 1.96. The summed E-state index contributed by atoms with van der Waals surface area (Å²) in [5, 5.41) is 16.7. The highest BCUT2D eigenvalue weighted by Crippen LogP contribution is 2.20. The SMILES string of the molecule is Cc1c(C(C)NC(C)(C)CCO)cnn1C. The van der Waals surface area contributed by atoms with Gasteiger partial charge in [-0.2, -0.15) is 5.10 Å². The third-order valence-electron chi connectivity index (χ3n) is 3.08. The highest BCUT2D eigenvalue weighted by Gasteiger charge is 2.21. The molecule has 16 heavy (non-hydrogen) atoms. The van der Waals surface area contributed by atoms with Crippen molar-refractivity contribution in [3.63, 3.8) is 0 Å². The van der Waals surface area contributed by atoms with Crippen LogP contribution in [0, 0.1) is 6.92 Å². The lowest BCUT2D eigenvalue weighted by atomic mass is 9.98.